The summed E-state index contributed by atoms with van der Waals surface area (Å²) in [5, 5.41) is 4.23. The zero-order chi connectivity index (χ0) is 14.2. The maximum atomic E-state index is 12.9. The number of nitrogens with zero attached hydrogens (tertiary/aromatic N) is 3. The third kappa shape index (κ3) is 1.95. The molecule has 4 heteroatoms. The number of benzene rings is 1. The standard InChI is InChI=1S/C17H15N3O/c21-17(15-10-19-20-9-8-18-11-16(15)20)14-7-2-1-6-13(14)12-4-3-5-12/h1-2,6-12H,3-5H2. The van der Waals surface area contributed by atoms with E-state index in [2.05, 4.69) is 16.1 Å². The van der Waals surface area contributed by atoms with Gasteiger partial charge in [-0.1, -0.05) is 30.7 Å². The quantitative estimate of drug-likeness (QED) is 0.690. The zero-order valence-electron chi connectivity index (χ0n) is 11.6. The third-order valence-electron chi connectivity index (χ3n) is 4.32. The van der Waals surface area contributed by atoms with Gasteiger partial charge in [-0.3, -0.25) is 9.78 Å². The summed E-state index contributed by atoms with van der Waals surface area (Å²) in [5.41, 5.74) is 3.36. The number of rotatable bonds is 3. The van der Waals surface area contributed by atoms with Gasteiger partial charge in [-0.25, -0.2) is 4.52 Å². The first kappa shape index (κ1) is 12.3. The van der Waals surface area contributed by atoms with Crippen LogP contribution in [0.3, 0.4) is 0 Å². The summed E-state index contributed by atoms with van der Waals surface area (Å²) < 4.78 is 1.69. The van der Waals surface area contributed by atoms with Crippen LogP contribution in [0.5, 0.6) is 0 Å². The van der Waals surface area contributed by atoms with Crippen LogP contribution in [0.25, 0.3) is 5.52 Å². The molecule has 0 radical (unpaired) electrons. The Kier molecular flexibility index (Phi) is 2.81. The Morgan fingerprint density at radius 3 is 2.81 bits per heavy atom. The van der Waals surface area contributed by atoms with E-state index < -0.39 is 0 Å². The van der Waals surface area contributed by atoms with Crippen molar-refractivity contribution in [1.29, 1.82) is 0 Å². The Bertz CT molecular complexity index is 818. The van der Waals surface area contributed by atoms with Gasteiger partial charge in [0.05, 0.1) is 23.5 Å². The van der Waals surface area contributed by atoms with E-state index in [1.165, 1.54) is 24.8 Å². The normalized spacial score (nSPS) is 15.0. The Balaban J connectivity index is 1.81. The molecule has 0 aliphatic heterocycles. The van der Waals surface area contributed by atoms with Gasteiger partial charge >= 0.3 is 0 Å². The van der Waals surface area contributed by atoms with Crippen LogP contribution in [-0.4, -0.2) is 20.4 Å². The van der Waals surface area contributed by atoms with Gasteiger partial charge in [0.1, 0.15) is 0 Å². The molecule has 104 valence electrons. The fourth-order valence-corrected chi connectivity index (χ4v) is 2.93. The molecule has 0 atom stereocenters. The fourth-order valence-electron chi connectivity index (χ4n) is 2.93. The molecule has 0 amide bonds. The SMILES string of the molecule is O=C(c1ccccc1C1CCC1)c1cnn2ccncc12. The molecule has 1 fully saturated rings. The molecular formula is C17H15N3O. The molecule has 0 saturated heterocycles. The van der Waals surface area contributed by atoms with E-state index in [9.17, 15) is 4.79 Å². The van der Waals surface area contributed by atoms with Crippen LogP contribution in [0.1, 0.15) is 46.7 Å². The summed E-state index contributed by atoms with van der Waals surface area (Å²) in [7, 11) is 0. The van der Waals surface area contributed by atoms with E-state index >= 15 is 0 Å². The van der Waals surface area contributed by atoms with E-state index in [4.69, 9.17) is 0 Å². The van der Waals surface area contributed by atoms with Crippen LogP contribution in [0, 0.1) is 0 Å². The van der Waals surface area contributed by atoms with Crippen LogP contribution >= 0.6 is 0 Å². The van der Waals surface area contributed by atoms with Gasteiger partial charge < -0.3 is 0 Å². The number of fused-ring (bicyclic) bond motifs is 1. The van der Waals surface area contributed by atoms with Crippen molar-refractivity contribution in [2.45, 2.75) is 25.2 Å². The second-order valence-corrected chi connectivity index (χ2v) is 5.51. The van der Waals surface area contributed by atoms with Crippen molar-refractivity contribution in [3.8, 4) is 0 Å². The lowest BCUT2D eigenvalue weighted by Crippen LogP contribution is -2.14. The Morgan fingerprint density at radius 2 is 2.00 bits per heavy atom. The van der Waals surface area contributed by atoms with Crippen molar-refractivity contribution in [2.75, 3.05) is 0 Å². The molecule has 4 nitrogen and oxygen atoms in total. The molecule has 2 aromatic heterocycles. The predicted octanol–water partition coefficient (Wildman–Crippen LogP) is 3.23. The number of ketones is 1. The highest BCUT2D eigenvalue weighted by molar-refractivity contribution is 6.13. The first-order valence-electron chi connectivity index (χ1n) is 7.25. The molecular weight excluding hydrogens is 262 g/mol. The Morgan fingerprint density at radius 1 is 1.14 bits per heavy atom. The highest BCUT2D eigenvalue weighted by Gasteiger charge is 2.25. The van der Waals surface area contributed by atoms with Crippen molar-refractivity contribution >= 4 is 11.3 Å². The molecule has 1 aliphatic rings. The molecule has 2 heterocycles. The smallest absolute Gasteiger partial charge is 0.197 e. The molecule has 21 heavy (non-hydrogen) atoms. The molecule has 3 aromatic rings. The lowest BCUT2D eigenvalue weighted by atomic mass is 9.77. The topological polar surface area (TPSA) is 47.3 Å². The minimum Gasteiger partial charge on any atom is -0.288 e. The van der Waals surface area contributed by atoms with E-state index in [0.717, 1.165) is 11.1 Å². The first-order valence-corrected chi connectivity index (χ1v) is 7.25. The average Bonchev–Trinajstić information content (AvgIpc) is 2.89. The van der Waals surface area contributed by atoms with Gasteiger partial charge in [-0.05, 0) is 24.3 Å². The van der Waals surface area contributed by atoms with Crippen LogP contribution in [0.15, 0.2) is 49.1 Å². The monoisotopic (exact) mass is 277 g/mol. The second-order valence-electron chi connectivity index (χ2n) is 5.51. The second kappa shape index (κ2) is 4.81. The van der Waals surface area contributed by atoms with Gasteiger partial charge in [0.2, 0.25) is 0 Å². The third-order valence-corrected chi connectivity index (χ3v) is 4.32. The fraction of sp³-hybridized carbons (Fsp3) is 0.235. The highest BCUT2D eigenvalue weighted by atomic mass is 16.1. The number of hydrogen-bond donors (Lipinski definition) is 0. The van der Waals surface area contributed by atoms with Crippen molar-refractivity contribution in [2.24, 2.45) is 0 Å². The van der Waals surface area contributed by atoms with Crippen molar-refractivity contribution in [3.05, 3.63) is 65.7 Å². The Labute approximate surface area is 122 Å². The van der Waals surface area contributed by atoms with Crippen molar-refractivity contribution in [3.63, 3.8) is 0 Å². The van der Waals surface area contributed by atoms with Gasteiger partial charge in [-0.2, -0.15) is 5.10 Å². The van der Waals surface area contributed by atoms with Gasteiger partial charge in [-0.15, -0.1) is 0 Å². The summed E-state index contributed by atoms with van der Waals surface area (Å²) in [4.78, 5) is 17.0. The zero-order valence-corrected chi connectivity index (χ0v) is 11.6. The molecule has 0 spiro atoms. The molecule has 0 unspecified atom stereocenters. The summed E-state index contributed by atoms with van der Waals surface area (Å²) >= 11 is 0. The maximum absolute atomic E-state index is 12.9. The molecule has 1 aromatic carbocycles. The summed E-state index contributed by atoms with van der Waals surface area (Å²) in [6, 6.07) is 7.96. The Hall–Kier alpha value is -2.49. The van der Waals surface area contributed by atoms with Crippen LogP contribution in [-0.2, 0) is 0 Å². The van der Waals surface area contributed by atoms with Crippen LogP contribution in [0.4, 0.5) is 0 Å². The van der Waals surface area contributed by atoms with Gasteiger partial charge in [0, 0.05) is 18.0 Å². The van der Waals surface area contributed by atoms with Crippen molar-refractivity contribution < 1.29 is 4.79 Å². The average molecular weight is 277 g/mol. The van der Waals surface area contributed by atoms with Gasteiger partial charge in [0.15, 0.2) is 5.78 Å². The number of carbonyl (C=O) groups excluding carboxylic acids is 1. The molecule has 0 N–H and O–H groups in total. The largest absolute Gasteiger partial charge is 0.288 e. The summed E-state index contributed by atoms with van der Waals surface area (Å²) in [6.45, 7) is 0. The number of carbonyl (C=O) groups is 1. The van der Waals surface area contributed by atoms with E-state index in [-0.39, 0.29) is 5.78 Å². The van der Waals surface area contributed by atoms with E-state index in [0.29, 0.717) is 11.5 Å². The van der Waals surface area contributed by atoms with Crippen LogP contribution in [0.2, 0.25) is 0 Å². The molecule has 4 rings (SSSR count). The van der Waals surface area contributed by atoms with Gasteiger partial charge in [0.25, 0.3) is 0 Å². The van der Waals surface area contributed by atoms with E-state index in [1.807, 2.05) is 18.2 Å². The van der Waals surface area contributed by atoms with E-state index in [1.54, 1.807) is 29.3 Å². The maximum Gasteiger partial charge on any atom is 0.197 e. The van der Waals surface area contributed by atoms with Crippen LogP contribution < -0.4 is 0 Å². The minimum absolute atomic E-state index is 0.0421. The molecule has 0 bridgehead atoms. The first-order chi connectivity index (χ1) is 10.3. The lowest BCUT2D eigenvalue weighted by molar-refractivity contribution is 0.103. The number of hydrogen-bond acceptors (Lipinski definition) is 3. The van der Waals surface area contributed by atoms with Crippen molar-refractivity contribution in [1.82, 2.24) is 14.6 Å². The molecule has 1 saturated carbocycles. The highest BCUT2D eigenvalue weighted by Crippen LogP contribution is 2.38. The summed E-state index contributed by atoms with van der Waals surface area (Å²) in [5.74, 6) is 0.575. The lowest BCUT2D eigenvalue weighted by Gasteiger charge is -2.27. The summed E-state index contributed by atoms with van der Waals surface area (Å²) in [6.07, 6.45) is 10.4. The molecule has 1 aliphatic carbocycles. The number of aromatic nitrogens is 3. The minimum atomic E-state index is 0.0421. The predicted molar refractivity (Wildman–Crippen MR) is 79.5 cm³/mol.